The van der Waals surface area contributed by atoms with Crippen molar-refractivity contribution < 1.29 is 9.18 Å². The van der Waals surface area contributed by atoms with Crippen molar-refractivity contribution in [2.45, 2.75) is 6.04 Å². The SMILES string of the molecule is Cn1ccnc1C(NC(=O)c1cc(Cl)ccc1I)c1ccc(F)cc1. The summed E-state index contributed by atoms with van der Waals surface area (Å²) in [6.45, 7) is 0. The van der Waals surface area contributed by atoms with Gasteiger partial charge in [0.1, 0.15) is 17.7 Å². The molecule has 0 saturated heterocycles. The number of nitrogens with one attached hydrogen (secondary N) is 1. The van der Waals surface area contributed by atoms with E-state index >= 15 is 0 Å². The molecule has 25 heavy (non-hydrogen) atoms. The molecule has 1 heterocycles. The number of rotatable bonds is 4. The second kappa shape index (κ2) is 7.53. The van der Waals surface area contributed by atoms with Crippen molar-refractivity contribution in [1.29, 1.82) is 0 Å². The Kier molecular flexibility index (Phi) is 5.39. The number of carbonyl (C=O) groups is 1. The van der Waals surface area contributed by atoms with Gasteiger partial charge in [0.15, 0.2) is 0 Å². The molecule has 4 nitrogen and oxygen atoms in total. The van der Waals surface area contributed by atoms with E-state index in [9.17, 15) is 9.18 Å². The highest BCUT2D eigenvalue weighted by atomic mass is 127. The zero-order valence-electron chi connectivity index (χ0n) is 13.2. The highest BCUT2D eigenvalue weighted by Crippen LogP contribution is 2.23. The molecule has 0 spiro atoms. The monoisotopic (exact) mass is 469 g/mol. The molecule has 0 aliphatic rings. The molecule has 1 amide bonds. The first-order valence-electron chi connectivity index (χ1n) is 7.44. The maximum atomic E-state index is 13.3. The van der Waals surface area contributed by atoms with Gasteiger partial charge >= 0.3 is 0 Å². The highest BCUT2D eigenvalue weighted by Gasteiger charge is 2.22. The molecule has 2 aromatic carbocycles. The fourth-order valence-electron chi connectivity index (χ4n) is 2.49. The lowest BCUT2D eigenvalue weighted by Gasteiger charge is -2.19. The van der Waals surface area contributed by atoms with Crippen molar-refractivity contribution in [2.75, 3.05) is 0 Å². The Morgan fingerprint density at radius 1 is 1.28 bits per heavy atom. The summed E-state index contributed by atoms with van der Waals surface area (Å²) in [5, 5.41) is 3.46. The molecule has 0 aliphatic carbocycles. The quantitative estimate of drug-likeness (QED) is 0.578. The van der Waals surface area contributed by atoms with Crippen LogP contribution in [-0.4, -0.2) is 15.5 Å². The predicted molar refractivity (Wildman–Crippen MR) is 103 cm³/mol. The van der Waals surface area contributed by atoms with Crippen LogP contribution < -0.4 is 5.32 Å². The number of imidazole rings is 1. The van der Waals surface area contributed by atoms with E-state index in [1.165, 1.54) is 12.1 Å². The molecule has 1 unspecified atom stereocenters. The van der Waals surface area contributed by atoms with Crippen LogP contribution in [0.5, 0.6) is 0 Å². The summed E-state index contributed by atoms with van der Waals surface area (Å²) >= 11 is 8.10. The van der Waals surface area contributed by atoms with Crippen LogP contribution in [0.2, 0.25) is 5.02 Å². The van der Waals surface area contributed by atoms with Gasteiger partial charge in [-0.2, -0.15) is 0 Å². The van der Waals surface area contributed by atoms with Crippen LogP contribution in [0.15, 0.2) is 54.9 Å². The molecular weight excluding hydrogens is 456 g/mol. The molecular formula is C18H14ClFIN3O. The zero-order valence-corrected chi connectivity index (χ0v) is 16.1. The van der Waals surface area contributed by atoms with E-state index in [2.05, 4.69) is 32.9 Å². The second-order valence-electron chi connectivity index (χ2n) is 5.48. The second-order valence-corrected chi connectivity index (χ2v) is 7.08. The Labute approximate surface area is 163 Å². The Bertz CT molecular complexity index is 911. The lowest BCUT2D eigenvalue weighted by molar-refractivity contribution is 0.0940. The minimum Gasteiger partial charge on any atom is -0.338 e. The van der Waals surface area contributed by atoms with Gasteiger partial charge in [-0.1, -0.05) is 23.7 Å². The van der Waals surface area contributed by atoms with Crippen LogP contribution in [0.4, 0.5) is 4.39 Å². The van der Waals surface area contributed by atoms with Gasteiger partial charge in [-0.25, -0.2) is 9.37 Å². The highest BCUT2D eigenvalue weighted by molar-refractivity contribution is 14.1. The molecule has 0 radical (unpaired) electrons. The molecule has 0 saturated carbocycles. The Hall–Kier alpha value is -1.93. The minimum atomic E-state index is -0.511. The predicted octanol–water partition coefficient (Wildman–Crippen LogP) is 4.34. The van der Waals surface area contributed by atoms with E-state index in [4.69, 9.17) is 11.6 Å². The van der Waals surface area contributed by atoms with E-state index in [1.54, 1.807) is 42.7 Å². The lowest BCUT2D eigenvalue weighted by atomic mass is 10.1. The first-order valence-corrected chi connectivity index (χ1v) is 8.90. The molecule has 1 aromatic heterocycles. The van der Waals surface area contributed by atoms with Gasteiger partial charge in [-0.3, -0.25) is 4.79 Å². The molecule has 1 N–H and O–H groups in total. The van der Waals surface area contributed by atoms with Gasteiger partial charge in [-0.15, -0.1) is 0 Å². The van der Waals surface area contributed by atoms with Gasteiger partial charge in [0.2, 0.25) is 0 Å². The standard InChI is InChI=1S/C18H14ClFIN3O/c1-24-9-8-22-17(24)16(11-2-5-13(20)6-3-11)23-18(25)14-10-12(19)4-7-15(14)21/h2-10,16H,1H3,(H,23,25). The number of amides is 1. The van der Waals surface area contributed by atoms with E-state index in [1.807, 2.05) is 11.6 Å². The maximum absolute atomic E-state index is 13.3. The third-order valence-corrected chi connectivity index (χ3v) is 4.94. The van der Waals surface area contributed by atoms with Crippen molar-refractivity contribution in [3.05, 3.63) is 86.2 Å². The Balaban J connectivity index is 1.98. The summed E-state index contributed by atoms with van der Waals surface area (Å²) in [6, 6.07) is 10.6. The minimum absolute atomic E-state index is 0.274. The number of aryl methyl sites for hydroxylation is 1. The van der Waals surface area contributed by atoms with Gasteiger partial charge in [0.25, 0.3) is 5.91 Å². The number of benzene rings is 2. The third-order valence-electron chi connectivity index (χ3n) is 3.77. The van der Waals surface area contributed by atoms with Crippen molar-refractivity contribution in [3.8, 4) is 0 Å². The third kappa shape index (κ3) is 4.01. The first kappa shape index (κ1) is 17.9. The van der Waals surface area contributed by atoms with E-state index in [0.717, 1.165) is 9.13 Å². The largest absolute Gasteiger partial charge is 0.338 e. The lowest BCUT2D eigenvalue weighted by Crippen LogP contribution is -2.31. The molecule has 7 heteroatoms. The molecule has 3 aromatic rings. The van der Waals surface area contributed by atoms with Crippen molar-refractivity contribution in [2.24, 2.45) is 7.05 Å². The van der Waals surface area contributed by atoms with Crippen LogP contribution in [0.3, 0.4) is 0 Å². The molecule has 0 aliphatic heterocycles. The summed E-state index contributed by atoms with van der Waals surface area (Å²) < 4.78 is 15.9. The number of hydrogen-bond donors (Lipinski definition) is 1. The summed E-state index contributed by atoms with van der Waals surface area (Å²) in [5.41, 5.74) is 1.22. The maximum Gasteiger partial charge on any atom is 0.253 e. The van der Waals surface area contributed by atoms with Crippen LogP contribution in [0.1, 0.15) is 27.8 Å². The molecule has 0 fully saturated rings. The van der Waals surface area contributed by atoms with Crippen LogP contribution >= 0.6 is 34.2 Å². The summed E-state index contributed by atoms with van der Waals surface area (Å²) in [7, 11) is 1.84. The molecule has 1 atom stereocenters. The number of aromatic nitrogens is 2. The Morgan fingerprint density at radius 3 is 2.64 bits per heavy atom. The van der Waals surface area contributed by atoms with E-state index in [0.29, 0.717) is 16.4 Å². The van der Waals surface area contributed by atoms with Gasteiger partial charge in [-0.05, 0) is 58.5 Å². The van der Waals surface area contributed by atoms with E-state index < -0.39 is 6.04 Å². The van der Waals surface area contributed by atoms with Crippen molar-refractivity contribution in [3.63, 3.8) is 0 Å². The average molecular weight is 470 g/mol. The fourth-order valence-corrected chi connectivity index (χ4v) is 3.24. The number of carbonyl (C=O) groups excluding carboxylic acids is 1. The summed E-state index contributed by atoms with van der Waals surface area (Å²) in [6.07, 6.45) is 3.45. The number of nitrogens with zero attached hydrogens (tertiary/aromatic N) is 2. The zero-order chi connectivity index (χ0) is 18.0. The van der Waals surface area contributed by atoms with Crippen LogP contribution in [0, 0.1) is 9.39 Å². The van der Waals surface area contributed by atoms with Crippen molar-refractivity contribution >= 4 is 40.1 Å². The Morgan fingerprint density at radius 2 is 2.00 bits per heavy atom. The molecule has 3 rings (SSSR count). The normalized spacial score (nSPS) is 12.0. The smallest absolute Gasteiger partial charge is 0.253 e. The summed E-state index contributed by atoms with van der Waals surface area (Å²) in [4.78, 5) is 17.1. The number of halogens is 3. The first-order chi connectivity index (χ1) is 12.0. The number of hydrogen-bond acceptors (Lipinski definition) is 2. The van der Waals surface area contributed by atoms with Crippen molar-refractivity contribution in [1.82, 2.24) is 14.9 Å². The van der Waals surface area contributed by atoms with Crippen LogP contribution in [-0.2, 0) is 7.05 Å². The van der Waals surface area contributed by atoms with E-state index in [-0.39, 0.29) is 11.7 Å². The average Bonchev–Trinajstić information content (AvgIpc) is 3.01. The van der Waals surface area contributed by atoms with Gasteiger partial charge < -0.3 is 9.88 Å². The summed E-state index contributed by atoms with van der Waals surface area (Å²) in [5.74, 6) is 0.0410. The fraction of sp³-hybridized carbons (Fsp3) is 0.111. The van der Waals surface area contributed by atoms with Gasteiger partial charge in [0, 0.05) is 28.0 Å². The topological polar surface area (TPSA) is 46.9 Å². The van der Waals surface area contributed by atoms with Gasteiger partial charge in [0.05, 0.1) is 5.56 Å². The molecule has 0 bridgehead atoms. The van der Waals surface area contributed by atoms with Crippen LogP contribution in [0.25, 0.3) is 0 Å². The molecule has 128 valence electrons.